The second kappa shape index (κ2) is 9.75. The van der Waals surface area contributed by atoms with E-state index in [0.717, 1.165) is 28.2 Å². The zero-order valence-corrected chi connectivity index (χ0v) is 19.9. The number of aryl methyl sites for hydroxylation is 2. The standard InChI is InChI=1S/C26H32N4O3/c1-18-9-10-19(2)22(15-18)23-16-24(21-7-5-6-8-25(21)33-4)30(27-23)26(32)17-28-11-13-29(14-12-28)20(3)31/h5-10,15,24H,11-14,16-17H2,1-4H3/t24-/m1/s1. The summed E-state index contributed by atoms with van der Waals surface area (Å²) in [4.78, 5) is 29.0. The van der Waals surface area contributed by atoms with Crippen LogP contribution in [0, 0.1) is 13.8 Å². The van der Waals surface area contributed by atoms with Gasteiger partial charge in [-0.3, -0.25) is 14.5 Å². The van der Waals surface area contributed by atoms with Crippen molar-refractivity contribution >= 4 is 17.5 Å². The average Bonchev–Trinajstić information content (AvgIpc) is 3.26. The third kappa shape index (κ3) is 4.93. The summed E-state index contributed by atoms with van der Waals surface area (Å²) in [5.41, 5.74) is 5.27. The molecule has 0 N–H and O–H groups in total. The van der Waals surface area contributed by atoms with Crippen molar-refractivity contribution in [2.24, 2.45) is 5.10 Å². The number of amides is 2. The van der Waals surface area contributed by atoms with Gasteiger partial charge in [-0.1, -0.05) is 35.9 Å². The van der Waals surface area contributed by atoms with Gasteiger partial charge in [0, 0.05) is 50.7 Å². The molecule has 0 bridgehead atoms. The fourth-order valence-electron chi connectivity index (χ4n) is 4.62. The number of carbonyl (C=O) groups excluding carboxylic acids is 2. The maximum Gasteiger partial charge on any atom is 0.257 e. The van der Waals surface area contributed by atoms with E-state index in [0.29, 0.717) is 32.6 Å². The molecule has 2 aromatic carbocycles. The summed E-state index contributed by atoms with van der Waals surface area (Å²) in [6, 6.07) is 14.0. The fourth-order valence-corrected chi connectivity index (χ4v) is 4.62. The van der Waals surface area contributed by atoms with Crippen molar-refractivity contribution in [3.05, 3.63) is 64.7 Å². The SMILES string of the molecule is COc1ccccc1[C@H]1CC(c2cc(C)ccc2C)=NN1C(=O)CN1CCN(C(C)=O)CC1. The smallest absolute Gasteiger partial charge is 0.257 e. The number of hydrazone groups is 1. The van der Waals surface area contributed by atoms with Gasteiger partial charge in [-0.15, -0.1) is 0 Å². The molecule has 1 saturated heterocycles. The number of hydrogen-bond donors (Lipinski definition) is 0. The molecule has 4 rings (SSSR count). The first-order valence-corrected chi connectivity index (χ1v) is 11.5. The van der Waals surface area contributed by atoms with Gasteiger partial charge in [0.15, 0.2) is 0 Å². The van der Waals surface area contributed by atoms with E-state index in [1.165, 1.54) is 5.56 Å². The monoisotopic (exact) mass is 448 g/mol. The lowest BCUT2D eigenvalue weighted by Crippen LogP contribution is -2.50. The lowest BCUT2D eigenvalue weighted by molar-refractivity contribution is -0.135. The lowest BCUT2D eigenvalue weighted by Gasteiger charge is -2.34. The minimum Gasteiger partial charge on any atom is -0.496 e. The van der Waals surface area contributed by atoms with E-state index in [4.69, 9.17) is 9.84 Å². The third-order valence-electron chi connectivity index (χ3n) is 6.54. The first-order chi connectivity index (χ1) is 15.9. The Bertz CT molecular complexity index is 1070. The number of para-hydroxylation sites is 1. The molecule has 2 aromatic rings. The molecule has 33 heavy (non-hydrogen) atoms. The van der Waals surface area contributed by atoms with Gasteiger partial charge >= 0.3 is 0 Å². The van der Waals surface area contributed by atoms with E-state index in [1.54, 1.807) is 19.0 Å². The number of methoxy groups -OCH3 is 1. The Labute approximate surface area is 195 Å². The van der Waals surface area contributed by atoms with Gasteiger partial charge in [0.05, 0.1) is 25.4 Å². The van der Waals surface area contributed by atoms with Crippen molar-refractivity contribution in [2.75, 3.05) is 39.8 Å². The van der Waals surface area contributed by atoms with Crippen molar-refractivity contribution in [3.8, 4) is 5.75 Å². The molecular formula is C26H32N4O3. The van der Waals surface area contributed by atoms with Gasteiger partial charge in [-0.05, 0) is 31.5 Å². The predicted molar refractivity (Wildman–Crippen MR) is 128 cm³/mol. The summed E-state index contributed by atoms with van der Waals surface area (Å²) in [6.07, 6.45) is 0.633. The molecule has 2 amide bonds. The summed E-state index contributed by atoms with van der Waals surface area (Å²) in [6.45, 7) is 8.69. The van der Waals surface area contributed by atoms with Gasteiger partial charge in [0.25, 0.3) is 5.91 Å². The van der Waals surface area contributed by atoms with Gasteiger partial charge in [0.2, 0.25) is 5.91 Å². The Kier molecular flexibility index (Phi) is 6.79. The Balaban J connectivity index is 1.61. The highest BCUT2D eigenvalue weighted by Crippen LogP contribution is 2.38. The summed E-state index contributed by atoms with van der Waals surface area (Å²) in [7, 11) is 1.65. The number of hydrogen-bond acceptors (Lipinski definition) is 5. The van der Waals surface area contributed by atoms with Crippen molar-refractivity contribution in [1.29, 1.82) is 0 Å². The fraction of sp³-hybridized carbons (Fsp3) is 0.423. The molecule has 7 nitrogen and oxygen atoms in total. The van der Waals surface area contributed by atoms with Crippen LogP contribution in [0.15, 0.2) is 47.6 Å². The molecule has 2 aliphatic heterocycles. The molecule has 0 saturated carbocycles. The number of rotatable bonds is 5. The normalized spacial score (nSPS) is 18.9. The summed E-state index contributed by atoms with van der Waals surface area (Å²) < 4.78 is 5.62. The van der Waals surface area contributed by atoms with Crippen LogP contribution in [0.1, 0.15) is 41.6 Å². The van der Waals surface area contributed by atoms with Gasteiger partial charge in [0.1, 0.15) is 5.75 Å². The molecule has 7 heteroatoms. The van der Waals surface area contributed by atoms with E-state index in [1.807, 2.05) is 29.2 Å². The second-order valence-corrected chi connectivity index (χ2v) is 8.85. The topological polar surface area (TPSA) is 65.5 Å². The Morgan fingerprint density at radius 2 is 1.79 bits per heavy atom. The van der Waals surface area contributed by atoms with E-state index >= 15 is 0 Å². The summed E-state index contributed by atoms with van der Waals surface area (Å²) in [5, 5.41) is 6.50. The number of piperazine rings is 1. The van der Waals surface area contributed by atoms with Crippen LogP contribution in [0.4, 0.5) is 0 Å². The predicted octanol–water partition coefficient (Wildman–Crippen LogP) is 3.15. The van der Waals surface area contributed by atoms with Crippen molar-refractivity contribution in [2.45, 2.75) is 33.2 Å². The first-order valence-electron chi connectivity index (χ1n) is 11.5. The van der Waals surface area contributed by atoms with Crippen molar-refractivity contribution in [3.63, 3.8) is 0 Å². The maximum atomic E-state index is 13.5. The minimum absolute atomic E-state index is 0.0394. The Morgan fingerprint density at radius 3 is 2.48 bits per heavy atom. The number of benzene rings is 2. The highest BCUT2D eigenvalue weighted by Gasteiger charge is 2.36. The zero-order valence-electron chi connectivity index (χ0n) is 19.9. The molecule has 0 radical (unpaired) electrons. The lowest BCUT2D eigenvalue weighted by atomic mass is 9.94. The van der Waals surface area contributed by atoms with E-state index in [2.05, 4.69) is 36.9 Å². The molecule has 0 aromatic heterocycles. The van der Waals surface area contributed by atoms with Crippen molar-refractivity contribution in [1.82, 2.24) is 14.8 Å². The van der Waals surface area contributed by atoms with Crippen LogP contribution in [0.25, 0.3) is 0 Å². The largest absolute Gasteiger partial charge is 0.496 e. The average molecular weight is 449 g/mol. The van der Waals surface area contributed by atoms with Crippen LogP contribution >= 0.6 is 0 Å². The number of carbonyl (C=O) groups is 2. The van der Waals surface area contributed by atoms with Crippen LogP contribution in [-0.4, -0.2) is 72.2 Å². The molecule has 2 aliphatic rings. The Morgan fingerprint density at radius 1 is 1.06 bits per heavy atom. The van der Waals surface area contributed by atoms with Crippen LogP contribution in [-0.2, 0) is 9.59 Å². The van der Waals surface area contributed by atoms with Crippen LogP contribution < -0.4 is 4.74 Å². The van der Waals surface area contributed by atoms with Gasteiger partial charge in [-0.2, -0.15) is 5.10 Å². The second-order valence-electron chi connectivity index (χ2n) is 8.85. The van der Waals surface area contributed by atoms with E-state index < -0.39 is 0 Å². The van der Waals surface area contributed by atoms with Gasteiger partial charge in [-0.25, -0.2) is 5.01 Å². The quantitative estimate of drug-likeness (QED) is 0.705. The third-order valence-corrected chi connectivity index (χ3v) is 6.54. The molecular weight excluding hydrogens is 416 g/mol. The highest BCUT2D eigenvalue weighted by molar-refractivity contribution is 6.04. The van der Waals surface area contributed by atoms with E-state index in [-0.39, 0.29) is 24.4 Å². The number of nitrogens with zero attached hydrogens (tertiary/aromatic N) is 4. The maximum absolute atomic E-state index is 13.5. The molecule has 2 heterocycles. The van der Waals surface area contributed by atoms with Crippen molar-refractivity contribution < 1.29 is 14.3 Å². The Hall–Kier alpha value is -3.19. The summed E-state index contributed by atoms with van der Waals surface area (Å²) >= 11 is 0. The molecule has 1 atom stereocenters. The van der Waals surface area contributed by atoms with Gasteiger partial charge < -0.3 is 9.64 Å². The highest BCUT2D eigenvalue weighted by atomic mass is 16.5. The molecule has 0 unspecified atom stereocenters. The molecule has 1 fully saturated rings. The van der Waals surface area contributed by atoms with E-state index in [9.17, 15) is 9.59 Å². The molecule has 0 aliphatic carbocycles. The first kappa shape index (κ1) is 23.0. The minimum atomic E-state index is -0.220. The molecule has 0 spiro atoms. The van der Waals surface area contributed by atoms with Crippen LogP contribution in [0.3, 0.4) is 0 Å². The summed E-state index contributed by atoms with van der Waals surface area (Å²) in [5.74, 6) is 0.801. The molecule has 174 valence electrons. The van der Waals surface area contributed by atoms with Crippen LogP contribution in [0.5, 0.6) is 5.75 Å². The number of ether oxygens (including phenoxy) is 1. The van der Waals surface area contributed by atoms with Crippen LogP contribution in [0.2, 0.25) is 0 Å². The zero-order chi connectivity index (χ0) is 23.5.